The fourth-order valence-electron chi connectivity index (χ4n) is 1.61. The van der Waals surface area contributed by atoms with Gasteiger partial charge >= 0.3 is 0 Å². The van der Waals surface area contributed by atoms with Gasteiger partial charge in [-0.2, -0.15) is 0 Å². The Bertz CT molecular complexity index is 594. The summed E-state index contributed by atoms with van der Waals surface area (Å²) in [5, 5.41) is 6.30. The van der Waals surface area contributed by atoms with Gasteiger partial charge in [0.2, 0.25) is 0 Å². The van der Waals surface area contributed by atoms with Crippen molar-refractivity contribution in [1.82, 2.24) is 5.16 Å². The number of carbonyl (C=O) groups is 1. The Kier molecular flexibility index (Phi) is 4.24. The highest BCUT2D eigenvalue weighted by Crippen LogP contribution is 2.26. The molecule has 0 bridgehead atoms. The molecule has 1 N–H and O–H groups in total. The molecule has 2 rings (SSSR count). The zero-order chi connectivity index (χ0) is 14.5. The van der Waals surface area contributed by atoms with Crippen LogP contribution >= 0.6 is 0 Å². The van der Waals surface area contributed by atoms with Crippen molar-refractivity contribution in [1.29, 1.82) is 0 Å². The molecule has 0 spiro atoms. The number of aromatic nitrogens is 1. The molecular weight excluding hydrogens is 260 g/mol. The van der Waals surface area contributed by atoms with Crippen LogP contribution in [0.4, 0.5) is 5.82 Å². The van der Waals surface area contributed by atoms with Crippen LogP contribution in [-0.2, 0) is 4.79 Å². The molecule has 0 radical (unpaired) electrons. The van der Waals surface area contributed by atoms with Gasteiger partial charge in [-0.15, -0.1) is 0 Å². The average Bonchev–Trinajstić information content (AvgIpc) is 2.84. The Hall–Kier alpha value is -2.50. The first-order chi connectivity index (χ1) is 9.60. The van der Waals surface area contributed by atoms with Crippen LogP contribution in [-0.4, -0.2) is 24.3 Å². The van der Waals surface area contributed by atoms with Crippen molar-refractivity contribution in [2.75, 3.05) is 12.4 Å². The van der Waals surface area contributed by atoms with Crippen LogP contribution in [0.2, 0.25) is 0 Å². The summed E-state index contributed by atoms with van der Waals surface area (Å²) in [7, 11) is 1.55. The number of methoxy groups -OCH3 is 1. The minimum atomic E-state index is -0.691. The smallest absolute Gasteiger partial charge is 0.266 e. The Morgan fingerprint density at radius 1 is 1.35 bits per heavy atom. The lowest BCUT2D eigenvalue weighted by atomic mass is 10.3. The molecule has 0 aliphatic heterocycles. The van der Waals surface area contributed by atoms with Crippen LogP contribution in [0.1, 0.15) is 12.7 Å². The molecule has 0 fully saturated rings. The second kappa shape index (κ2) is 6.10. The highest BCUT2D eigenvalue weighted by molar-refractivity contribution is 5.93. The van der Waals surface area contributed by atoms with Gasteiger partial charge in [-0.25, -0.2) is 0 Å². The number of carbonyl (C=O) groups excluding carboxylic acids is 1. The van der Waals surface area contributed by atoms with E-state index < -0.39 is 6.10 Å². The number of aryl methyl sites for hydroxylation is 1. The van der Waals surface area contributed by atoms with Crippen molar-refractivity contribution in [3.8, 4) is 11.5 Å². The molecule has 0 aliphatic rings. The number of nitrogens with one attached hydrogen (secondary N) is 1. The summed E-state index contributed by atoms with van der Waals surface area (Å²) in [6.07, 6.45) is -0.691. The quantitative estimate of drug-likeness (QED) is 0.907. The first kappa shape index (κ1) is 13.9. The molecule has 20 heavy (non-hydrogen) atoms. The molecule has 6 heteroatoms. The Labute approximate surface area is 116 Å². The Morgan fingerprint density at radius 3 is 2.65 bits per heavy atom. The fourth-order valence-corrected chi connectivity index (χ4v) is 1.61. The molecule has 0 aliphatic carbocycles. The third-order valence-corrected chi connectivity index (χ3v) is 2.62. The molecule has 6 nitrogen and oxygen atoms in total. The molecule has 1 unspecified atom stereocenters. The van der Waals surface area contributed by atoms with Crippen molar-refractivity contribution in [2.24, 2.45) is 0 Å². The van der Waals surface area contributed by atoms with E-state index in [1.54, 1.807) is 39.2 Å². The van der Waals surface area contributed by atoms with E-state index >= 15 is 0 Å². The molecule has 1 amide bonds. The summed E-state index contributed by atoms with van der Waals surface area (Å²) in [5.41, 5.74) is 0. The van der Waals surface area contributed by atoms with Gasteiger partial charge in [-0.1, -0.05) is 17.3 Å². The predicted molar refractivity (Wildman–Crippen MR) is 73.0 cm³/mol. The van der Waals surface area contributed by atoms with Crippen molar-refractivity contribution >= 4 is 11.7 Å². The SMILES string of the molecule is COc1ccccc1OC(C)C(=O)Nc1cc(C)on1. The summed E-state index contributed by atoms with van der Waals surface area (Å²) in [6.45, 7) is 3.39. The van der Waals surface area contributed by atoms with Gasteiger partial charge in [0.15, 0.2) is 23.4 Å². The lowest BCUT2D eigenvalue weighted by Crippen LogP contribution is -2.30. The number of hydrogen-bond donors (Lipinski definition) is 1. The normalized spacial score (nSPS) is 11.8. The van der Waals surface area contributed by atoms with Crippen LogP contribution in [0.3, 0.4) is 0 Å². The molecule has 1 heterocycles. The van der Waals surface area contributed by atoms with Gasteiger partial charge in [-0.3, -0.25) is 4.79 Å². The van der Waals surface area contributed by atoms with Crippen molar-refractivity contribution < 1.29 is 18.8 Å². The summed E-state index contributed by atoms with van der Waals surface area (Å²) in [4.78, 5) is 12.0. The van der Waals surface area contributed by atoms with Crippen molar-refractivity contribution in [3.05, 3.63) is 36.1 Å². The summed E-state index contributed by atoms with van der Waals surface area (Å²) in [6, 6.07) is 8.77. The number of anilines is 1. The molecular formula is C14H16N2O4. The van der Waals surface area contributed by atoms with Crippen LogP contribution < -0.4 is 14.8 Å². The first-order valence-electron chi connectivity index (χ1n) is 6.14. The van der Waals surface area contributed by atoms with Crippen molar-refractivity contribution in [2.45, 2.75) is 20.0 Å². The minimum absolute atomic E-state index is 0.316. The van der Waals surface area contributed by atoms with Crippen LogP contribution in [0.25, 0.3) is 0 Å². The van der Waals surface area contributed by atoms with E-state index in [4.69, 9.17) is 14.0 Å². The van der Waals surface area contributed by atoms with Gasteiger partial charge in [0.25, 0.3) is 5.91 Å². The third-order valence-electron chi connectivity index (χ3n) is 2.62. The molecule has 1 aromatic carbocycles. The summed E-state index contributed by atoms with van der Waals surface area (Å²) < 4.78 is 15.6. The second-order valence-corrected chi connectivity index (χ2v) is 4.22. The van der Waals surface area contributed by atoms with Crippen LogP contribution in [0, 0.1) is 6.92 Å². The van der Waals surface area contributed by atoms with E-state index in [0.29, 0.717) is 23.1 Å². The van der Waals surface area contributed by atoms with Gasteiger partial charge in [0.1, 0.15) is 5.76 Å². The van der Waals surface area contributed by atoms with Crippen LogP contribution in [0.5, 0.6) is 11.5 Å². The predicted octanol–water partition coefficient (Wildman–Crippen LogP) is 2.40. The third kappa shape index (κ3) is 3.28. The maximum Gasteiger partial charge on any atom is 0.266 e. The Morgan fingerprint density at radius 2 is 2.05 bits per heavy atom. The zero-order valence-electron chi connectivity index (χ0n) is 11.5. The van der Waals surface area contributed by atoms with Gasteiger partial charge < -0.3 is 19.3 Å². The maximum absolute atomic E-state index is 12.0. The van der Waals surface area contributed by atoms with E-state index in [9.17, 15) is 4.79 Å². The molecule has 0 saturated carbocycles. The number of nitrogens with zero attached hydrogens (tertiary/aromatic N) is 1. The second-order valence-electron chi connectivity index (χ2n) is 4.22. The van der Waals surface area contributed by atoms with E-state index in [2.05, 4.69) is 10.5 Å². The molecule has 1 atom stereocenters. The monoisotopic (exact) mass is 276 g/mol. The van der Waals surface area contributed by atoms with Crippen molar-refractivity contribution in [3.63, 3.8) is 0 Å². The maximum atomic E-state index is 12.0. The van der Waals surface area contributed by atoms with Gasteiger partial charge in [-0.05, 0) is 26.0 Å². The van der Waals surface area contributed by atoms with E-state index in [1.165, 1.54) is 0 Å². The minimum Gasteiger partial charge on any atom is -0.493 e. The van der Waals surface area contributed by atoms with E-state index in [0.717, 1.165) is 0 Å². The molecule has 106 valence electrons. The first-order valence-corrected chi connectivity index (χ1v) is 6.14. The summed E-state index contributed by atoms with van der Waals surface area (Å²) >= 11 is 0. The topological polar surface area (TPSA) is 73.6 Å². The largest absolute Gasteiger partial charge is 0.493 e. The number of para-hydroxylation sites is 2. The number of ether oxygens (including phenoxy) is 2. The standard InChI is InChI=1S/C14H16N2O4/c1-9-8-13(16-20-9)15-14(17)10(2)19-12-7-5-4-6-11(12)18-3/h4-8,10H,1-3H3,(H,15,16,17). The molecule has 0 saturated heterocycles. The average molecular weight is 276 g/mol. The highest BCUT2D eigenvalue weighted by Gasteiger charge is 2.17. The number of hydrogen-bond acceptors (Lipinski definition) is 5. The zero-order valence-corrected chi connectivity index (χ0v) is 11.5. The van der Waals surface area contributed by atoms with Gasteiger partial charge in [0.05, 0.1) is 7.11 Å². The van der Waals surface area contributed by atoms with E-state index in [1.807, 2.05) is 12.1 Å². The molecule has 1 aromatic heterocycles. The lowest BCUT2D eigenvalue weighted by Gasteiger charge is -2.15. The Balaban J connectivity index is 2.00. The molecule has 2 aromatic rings. The van der Waals surface area contributed by atoms with Crippen LogP contribution in [0.15, 0.2) is 34.9 Å². The van der Waals surface area contributed by atoms with E-state index in [-0.39, 0.29) is 5.91 Å². The number of rotatable bonds is 5. The highest BCUT2D eigenvalue weighted by atomic mass is 16.5. The number of amides is 1. The van der Waals surface area contributed by atoms with Gasteiger partial charge in [0, 0.05) is 6.07 Å². The number of benzene rings is 1. The summed E-state index contributed by atoms with van der Waals surface area (Å²) in [5.74, 6) is 1.75. The lowest BCUT2D eigenvalue weighted by molar-refractivity contribution is -0.122. The fraction of sp³-hybridized carbons (Fsp3) is 0.286.